The standard InChI is InChI=1S/C14H23N5O3/c1-5-9(15)7-19-13(20)11-12(18(6-2)14(19)21)16-10(8-22-4)17(11)3/h9H,5-8,15H2,1-4H3. The molecule has 8 nitrogen and oxygen atoms in total. The van der Waals surface area contributed by atoms with Crippen molar-refractivity contribution in [3.8, 4) is 0 Å². The topological polar surface area (TPSA) is 97.1 Å². The van der Waals surface area contributed by atoms with Crippen LogP contribution in [0.1, 0.15) is 26.1 Å². The number of hydrogen-bond acceptors (Lipinski definition) is 5. The number of nitrogens with two attached hydrogens (primary N) is 1. The first-order valence-electron chi connectivity index (χ1n) is 7.39. The molecular formula is C14H23N5O3. The van der Waals surface area contributed by atoms with Gasteiger partial charge in [0.25, 0.3) is 5.56 Å². The van der Waals surface area contributed by atoms with Crippen molar-refractivity contribution in [2.75, 3.05) is 7.11 Å². The van der Waals surface area contributed by atoms with E-state index >= 15 is 0 Å². The summed E-state index contributed by atoms with van der Waals surface area (Å²) in [6.45, 7) is 4.68. The molecule has 2 rings (SSSR count). The Kier molecular flexibility index (Phi) is 4.82. The minimum absolute atomic E-state index is 0.203. The number of methoxy groups -OCH3 is 1. The van der Waals surface area contributed by atoms with Crippen LogP contribution in [0.2, 0.25) is 0 Å². The summed E-state index contributed by atoms with van der Waals surface area (Å²) >= 11 is 0. The van der Waals surface area contributed by atoms with Crippen molar-refractivity contribution >= 4 is 11.2 Å². The molecule has 22 heavy (non-hydrogen) atoms. The van der Waals surface area contributed by atoms with Gasteiger partial charge in [-0.3, -0.25) is 13.9 Å². The highest BCUT2D eigenvalue weighted by Crippen LogP contribution is 2.10. The lowest BCUT2D eigenvalue weighted by atomic mass is 10.2. The van der Waals surface area contributed by atoms with Crippen LogP contribution < -0.4 is 17.0 Å². The van der Waals surface area contributed by atoms with Gasteiger partial charge in [-0.1, -0.05) is 6.92 Å². The molecule has 0 radical (unpaired) electrons. The molecule has 0 amide bonds. The van der Waals surface area contributed by atoms with Gasteiger partial charge in [0.2, 0.25) is 0 Å². The average molecular weight is 309 g/mol. The SMILES string of the molecule is CCC(N)Cn1c(=O)c2c(nc(COC)n2C)n(CC)c1=O. The third-order valence-corrected chi connectivity index (χ3v) is 3.87. The van der Waals surface area contributed by atoms with Crippen molar-refractivity contribution in [2.45, 2.75) is 46.0 Å². The molecule has 0 bridgehead atoms. The molecule has 0 aliphatic heterocycles. The molecule has 1 atom stereocenters. The van der Waals surface area contributed by atoms with Crippen LogP contribution in [-0.2, 0) is 31.5 Å². The maximum absolute atomic E-state index is 12.7. The summed E-state index contributed by atoms with van der Waals surface area (Å²) in [6.07, 6.45) is 0.691. The minimum atomic E-state index is -0.369. The van der Waals surface area contributed by atoms with E-state index in [0.29, 0.717) is 30.0 Å². The highest BCUT2D eigenvalue weighted by molar-refractivity contribution is 5.71. The Balaban J connectivity index is 2.81. The lowest BCUT2D eigenvalue weighted by molar-refractivity contribution is 0.175. The normalized spacial score (nSPS) is 13.0. The summed E-state index contributed by atoms with van der Waals surface area (Å²) in [5, 5.41) is 0. The van der Waals surface area contributed by atoms with Crippen molar-refractivity contribution in [1.29, 1.82) is 0 Å². The zero-order chi connectivity index (χ0) is 16.4. The summed E-state index contributed by atoms with van der Waals surface area (Å²) in [6, 6.07) is -0.236. The van der Waals surface area contributed by atoms with Crippen molar-refractivity contribution in [1.82, 2.24) is 18.7 Å². The maximum Gasteiger partial charge on any atom is 0.332 e. The Morgan fingerprint density at radius 2 is 1.95 bits per heavy atom. The number of aryl methyl sites for hydroxylation is 2. The van der Waals surface area contributed by atoms with Gasteiger partial charge in [-0.15, -0.1) is 0 Å². The second-order valence-corrected chi connectivity index (χ2v) is 5.30. The Bertz CT molecular complexity index is 786. The van der Waals surface area contributed by atoms with Gasteiger partial charge in [-0.05, 0) is 13.3 Å². The molecule has 0 saturated heterocycles. The molecule has 0 aliphatic carbocycles. The fourth-order valence-corrected chi connectivity index (χ4v) is 2.48. The fourth-order valence-electron chi connectivity index (χ4n) is 2.48. The molecule has 2 aromatic rings. The van der Waals surface area contributed by atoms with Crippen LogP contribution in [0, 0.1) is 0 Å². The van der Waals surface area contributed by atoms with Gasteiger partial charge in [0, 0.05) is 33.3 Å². The van der Waals surface area contributed by atoms with E-state index in [4.69, 9.17) is 10.5 Å². The number of aromatic nitrogens is 4. The molecular weight excluding hydrogens is 286 g/mol. The number of imidazole rings is 1. The highest BCUT2D eigenvalue weighted by Gasteiger charge is 2.20. The summed E-state index contributed by atoms with van der Waals surface area (Å²) in [5.74, 6) is 0.605. The molecule has 8 heteroatoms. The molecule has 0 fully saturated rings. The third kappa shape index (κ3) is 2.59. The summed E-state index contributed by atoms with van der Waals surface area (Å²) in [7, 11) is 3.31. The highest BCUT2D eigenvalue weighted by atomic mass is 16.5. The molecule has 0 saturated carbocycles. The van der Waals surface area contributed by atoms with E-state index in [-0.39, 0.29) is 30.4 Å². The zero-order valence-electron chi connectivity index (χ0n) is 13.5. The molecule has 0 aliphatic rings. The molecule has 0 spiro atoms. The van der Waals surface area contributed by atoms with Gasteiger partial charge in [-0.25, -0.2) is 9.78 Å². The largest absolute Gasteiger partial charge is 0.377 e. The van der Waals surface area contributed by atoms with Crippen molar-refractivity contribution in [2.24, 2.45) is 12.8 Å². The summed E-state index contributed by atoms with van der Waals surface area (Å²) in [5.41, 5.74) is 5.99. The number of nitrogens with zero attached hydrogens (tertiary/aromatic N) is 4. The van der Waals surface area contributed by atoms with Crippen LogP contribution in [0.25, 0.3) is 11.2 Å². The molecule has 2 aromatic heterocycles. The van der Waals surface area contributed by atoms with Crippen LogP contribution in [-0.4, -0.2) is 31.8 Å². The second-order valence-electron chi connectivity index (χ2n) is 5.30. The minimum Gasteiger partial charge on any atom is -0.377 e. The first-order valence-corrected chi connectivity index (χ1v) is 7.39. The third-order valence-electron chi connectivity index (χ3n) is 3.87. The van der Waals surface area contributed by atoms with E-state index in [0.717, 1.165) is 0 Å². The van der Waals surface area contributed by atoms with Gasteiger partial charge < -0.3 is 15.0 Å². The molecule has 0 aromatic carbocycles. The van der Waals surface area contributed by atoms with Crippen LogP contribution in [0.4, 0.5) is 0 Å². The molecule has 2 N–H and O–H groups in total. The molecule has 1 unspecified atom stereocenters. The Morgan fingerprint density at radius 1 is 1.27 bits per heavy atom. The van der Waals surface area contributed by atoms with Crippen molar-refractivity contribution in [3.05, 3.63) is 26.7 Å². The van der Waals surface area contributed by atoms with Crippen molar-refractivity contribution < 1.29 is 4.74 Å². The second kappa shape index (κ2) is 6.45. The smallest absolute Gasteiger partial charge is 0.332 e. The monoisotopic (exact) mass is 309 g/mol. The van der Waals surface area contributed by atoms with E-state index in [9.17, 15) is 9.59 Å². The Hall–Kier alpha value is -1.93. The van der Waals surface area contributed by atoms with E-state index < -0.39 is 0 Å². The quantitative estimate of drug-likeness (QED) is 0.797. The number of ether oxygens (including phenoxy) is 1. The van der Waals surface area contributed by atoms with Gasteiger partial charge in [0.1, 0.15) is 12.4 Å². The molecule has 122 valence electrons. The predicted molar refractivity (Wildman–Crippen MR) is 83.9 cm³/mol. The van der Waals surface area contributed by atoms with Gasteiger partial charge in [-0.2, -0.15) is 0 Å². The van der Waals surface area contributed by atoms with Crippen molar-refractivity contribution in [3.63, 3.8) is 0 Å². The van der Waals surface area contributed by atoms with Gasteiger partial charge >= 0.3 is 5.69 Å². The average Bonchev–Trinajstić information content (AvgIpc) is 2.81. The van der Waals surface area contributed by atoms with E-state index in [1.54, 1.807) is 18.7 Å². The van der Waals surface area contributed by atoms with Gasteiger partial charge in [0.05, 0.1) is 0 Å². The predicted octanol–water partition coefficient (Wildman–Crippen LogP) is -0.200. The number of rotatable bonds is 6. The first kappa shape index (κ1) is 16.4. The number of hydrogen-bond donors (Lipinski definition) is 1. The van der Waals surface area contributed by atoms with E-state index in [2.05, 4.69) is 4.98 Å². The number of fused-ring (bicyclic) bond motifs is 1. The Labute approximate surface area is 128 Å². The van der Waals surface area contributed by atoms with Gasteiger partial charge in [0.15, 0.2) is 11.2 Å². The zero-order valence-corrected chi connectivity index (χ0v) is 13.5. The lowest BCUT2D eigenvalue weighted by Crippen LogP contribution is -2.44. The molecule has 2 heterocycles. The first-order chi connectivity index (χ1) is 10.5. The van der Waals surface area contributed by atoms with Crippen LogP contribution in [0.5, 0.6) is 0 Å². The van der Waals surface area contributed by atoms with Crippen LogP contribution >= 0.6 is 0 Å². The maximum atomic E-state index is 12.7. The summed E-state index contributed by atoms with van der Waals surface area (Å²) in [4.78, 5) is 29.6. The Morgan fingerprint density at radius 3 is 2.50 bits per heavy atom. The van der Waals surface area contributed by atoms with E-state index in [1.165, 1.54) is 9.13 Å². The fraction of sp³-hybridized carbons (Fsp3) is 0.643. The van der Waals surface area contributed by atoms with Crippen LogP contribution in [0.15, 0.2) is 9.59 Å². The van der Waals surface area contributed by atoms with E-state index in [1.807, 2.05) is 13.8 Å². The summed E-state index contributed by atoms with van der Waals surface area (Å²) < 4.78 is 9.48. The van der Waals surface area contributed by atoms with Crippen LogP contribution in [0.3, 0.4) is 0 Å². The lowest BCUT2D eigenvalue weighted by Gasteiger charge is -2.13.